The highest BCUT2D eigenvalue weighted by Crippen LogP contribution is 2.47. The van der Waals surface area contributed by atoms with Gasteiger partial charge in [0.2, 0.25) is 0 Å². The molecule has 9 heteroatoms. The minimum Gasteiger partial charge on any atom is -0.456 e. The van der Waals surface area contributed by atoms with Crippen LogP contribution in [0, 0.1) is 0 Å². The molecule has 1 saturated heterocycles. The number of hydrogen-bond donors (Lipinski definition) is 0. The van der Waals surface area contributed by atoms with E-state index in [9.17, 15) is 0 Å². The van der Waals surface area contributed by atoms with Gasteiger partial charge >= 0.3 is 7.12 Å². The Balaban J connectivity index is 0.0000000987. The van der Waals surface area contributed by atoms with Crippen LogP contribution in [0.4, 0.5) is 0 Å². The van der Waals surface area contributed by atoms with E-state index in [4.69, 9.17) is 13.7 Å². The van der Waals surface area contributed by atoms with Gasteiger partial charge in [-0.1, -0.05) is 384 Å². The van der Waals surface area contributed by atoms with E-state index in [0.717, 1.165) is 57.0 Å². The van der Waals surface area contributed by atoms with Gasteiger partial charge in [0.25, 0.3) is 0 Å². The van der Waals surface area contributed by atoms with Crippen LogP contribution in [-0.2, 0) is 28.6 Å². The first kappa shape index (κ1) is 85.5. The van der Waals surface area contributed by atoms with E-state index in [1.54, 1.807) is 0 Å². The van der Waals surface area contributed by atoms with Gasteiger partial charge in [0.05, 0.1) is 44.3 Å². The Bertz CT molecular complexity index is 8510. The zero-order valence-corrected chi connectivity index (χ0v) is 80.1. The molecule has 0 radical (unpaired) electrons. The summed E-state index contributed by atoms with van der Waals surface area (Å²) in [5.74, 6) is 0. The smallest absolute Gasteiger partial charge is 0.456 e. The van der Waals surface area contributed by atoms with Crippen molar-refractivity contribution in [1.29, 1.82) is 0 Å². The molecule has 0 spiro atoms. The Morgan fingerprint density at radius 1 is 0.210 bits per heavy atom. The number of para-hydroxylation sites is 4. The summed E-state index contributed by atoms with van der Waals surface area (Å²) in [5.41, 5.74) is 42.2. The predicted molar refractivity (Wildman–Crippen MR) is 586 cm³/mol. The summed E-state index contributed by atoms with van der Waals surface area (Å²) in [7, 11) is -0.388. The fraction of sp³-hybridized carbons (Fsp3) is 0.0698. The van der Waals surface area contributed by atoms with E-state index in [1.807, 2.05) is 36.4 Å². The lowest BCUT2D eigenvalue weighted by molar-refractivity contribution is 0.00578. The number of rotatable bonds is 9. The molecular weight excluding hydrogens is 1810 g/mol. The lowest BCUT2D eigenvalue weighted by atomic mass is 9.79. The highest BCUT2D eigenvalue weighted by molar-refractivity contribution is 9.10. The van der Waals surface area contributed by atoms with Gasteiger partial charge in [0.15, 0.2) is 0 Å². The molecule has 0 saturated carbocycles. The Kier molecular flexibility index (Phi) is 22.1. The van der Waals surface area contributed by atoms with Crippen molar-refractivity contribution >= 4 is 132 Å². The van der Waals surface area contributed by atoms with Crippen LogP contribution in [0.5, 0.6) is 0 Å². The molecule has 5 heterocycles. The average Bonchev–Trinajstić information content (AvgIpc) is 1.59. The quantitative estimate of drug-likeness (QED) is 0.135. The molecule has 660 valence electrons. The Hall–Kier alpha value is -15.5. The van der Waals surface area contributed by atoms with Crippen molar-refractivity contribution in [2.24, 2.45) is 0 Å². The fourth-order valence-electron chi connectivity index (χ4n) is 21.0. The van der Waals surface area contributed by atoms with Gasteiger partial charge in [0.1, 0.15) is 11.2 Å². The molecule has 4 aromatic heterocycles. The average molecular weight is 1900 g/mol. The molecule has 20 aromatic carbocycles. The van der Waals surface area contributed by atoms with Gasteiger partial charge in [-0.25, -0.2) is 0 Å². The summed E-state index contributed by atoms with van der Waals surface area (Å²) in [6.07, 6.45) is 3.09. The first-order valence-electron chi connectivity index (χ1n) is 47.5. The zero-order chi connectivity index (χ0) is 92.7. The monoisotopic (exact) mass is 1900 g/mol. The van der Waals surface area contributed by atoms with Crippen LogP contribution in [0.15, 0.2) is 474 Å². The highest BCUT2D eigenvalue weighted by Gasteiger charge is 2.52. The number of halogens is 2. The highest BCUT2D eigenvalue weighted by atomic mass is 79.9. The van der Waals surface area contributed by atoms with Crippen molar-refractivity contribution in [3.63, 3.8) is 0 Å². The molecule has 0 amide bonds. The number of benzene rings is 20. The summed E-state index contributed by atoms with van der Waals surface area (Å²) in [6.45, 7) is 8.38. The Labute approximate surface area is 820 Å². The van der Waals surface area contributed by atoms with Crippen LogP contribution >= 0.6 is 31.9 Å². The maximum Gasteiger partial charge on any atom is 0.494 e. The number of aromatic nitrogens is 3. The van der Waals surface area contributed by atoms with Crippen molar-refractivity contribution in [2.45, 2.75) is 58.2 Å². The van der Waals surface area contributed by atoms with Crippen molar-refractivity contribution in [1.82, 2.24) is 13.7 Å². The summed E-state index contributed by atoms with van der Waals surface area (Å²) in [4.78, 5) is 0. The summed E-state index contributed by atoms with van der Waals surface area (Å²) >= 11 is 6.97. The second-order valence-corrected chi connectivity index (χ2v) is 39.2. The number of hydrogen-bond acceptors (Lipinski definition) is 3. The maximum absolute atomic E-state index is 6.35. The minimum absolute atomic E-state index is 0.368. The minimum atomic E-state index is -0.388. The van der Waals surface area contributed by atoms with Gasteiger partial charge in [-0.05, 0) is 284 Å². The van der Waals surface area contributed by atoms with E-state index in [1.165, 1.54) is 204 Å². The van der Waals surface area contributed by atoms with Gasteiger partial charge in [-0.2, -0.15) is 0 Å². The molecule has 0 atom stereocenters. The lowest BCUT2D eigenvalue weighted by Crippen LogP contribution is -2.41. The molecule has 4 aliphatic rings. The molecule has 0 unspecified atom stereocenters. The topological polar surface area (TPSA) is 46.4 Å². The van der Waals surface area contributed by atoms with Crippen molar-refractivity contribution in [3.8, 4) is 106 Å². The van der Waals surface area contributed by atoms with Crippen molar-refractivity contribution in [3.05, 3.63) is 503 Å². The van der Waals surface area contributed by atoms with E-state index >= 15 is 0 Å². The third-order valence-corrected chi connectivity index (χ3v) is 29.6. The number of furan rings is 1. The van der Waals surface area contributed by atoms with Gasteiger partial charge < -0.3 is 27.4 Å². The molecule has 0 bridgehead atoms. The number of nitrogens with zero attached hydrogens (tertiary/aromatic N) is 3. The summed E-state index contributed by atoms with van der Waals surface area (Å²) in [6, 6.07) is 166. The predicted octanol–water partition coefficient (Wildman–Crippen LogP) is 34.5. The first-order chi connectivity index (χ1) is 67.7. The van der Waals surface area contributed by atoms with Crippen LogP contribution in [0.2, 0.25) is 0 Å². The van der Waals surface area contributed by atoms with Gasteiger partial charge in [-0.15, -0.1) is 0 Å². The Morgan fingerprint density at radius 3 is 0.928 bits per heavy atom. The van der Waals surface area contributed by atoms with Gasteiger partial charge in [-0.3, -0.25) is 0 Å². The molecule has 3 aliphatic carbocycles. The molecular formula is C129H94BBr2N3O3. The third-order valence-electron chi connectivity index (χ3n) is 28.6. The maximum atomic E-state index is 6.35. The van der Waals surface area contributed by atoms with Gasteiger partial charge in [0, 0.05) is 69.1 Å². The fourth-order valence-corrected chi connectivity index (χ4v) is 21.8. The standard InChI is InChI=1S/2C37H25N.C30H28BNO2.C13H9Br.C12H7BrO/c2*1-2-8-25(9-3-1)26-14-18-31(19-15-26)38-36-13-7-6-12-34(36)35-21-17-28(24-37(35)38)27-16-20-33-30(22-27)23-29-10-4-5-11-32(29)33;1-29(2)30(3,4)34-31(33-29)23-16-19-26-25-12-8-9-13-27(25)32(28(26)20-23)24-17-14-22(15-18-24)21-10-6-5-7-11-21;14-11-5-6-13-10(8-11)7-9-3-1-2-4-12(9)13;13-8-5-6-12-10(7-8)9-3-1-2-4-11(9)14-12/h2*1-22,24H,23H2;5-20H,1-4H3;1-6,8H,7H2;1-7H. The first-order valence-corrected chi connectivity index (χ1v) is 49.1. The molecule has 28 rings (SSSR count). The van der Waals surface area contributed by atoms with Crippen LogP contribution in [0.25, 0.3) is 193 Å². The normalized spacial score (nSPS) is 13.2. The van der Waals surface area contributed by atoms with E-state index in [-0.39, 0.29) is 18.3 Å². The second-order valence-electron chi connectivity index (χ2n) is 37.4. The van der Waals surface area contributed by atoms with Crippen LogP contribution in [0.1, 0.15) is 61.1 Å². The van der Waals surface area contributed by atoms with Crippen molar-refractivity contribution in [2.75, 3.05) is 0 Å². The van der Waals surface area contributed by atoms with E-state index in [2.05, 4.69) is 498 Å². The summed E-state index contributed by atoms with van der Waals surface area (Å²) < 4.78 is 27.8. The Morgan fingerprint density at radius 2 is 0.500 bits per heavy atom. The lowest BCUT2D eigenvalue weighted by Gasteiger charge is -2.32. The largest absolute Gasteiger partial charge is 0.494 e. The van der Waals surface area contributed by atoms with E-state index in [0.29, 0.717) is 0 Å². The van der Waals surface area contributed by atoms with E-state index < -0.39 is 0 Å². The molecule has 138 heavy (non-hydrogen) atoms. The second kappa shape index (κ2) is 35.7. The summed E-state index contributed by atoms with van der Waals surface area (Å²) in [5, 5.41) is 9.93. The molecule has 0 N–H and O–H groups in total. The van der Waals surface area contributed by atoms with Crippen molar-refractivity contribution < 1.29 is 13.7 Å². The molecule has 24 aromatic rings. The van der Waals surface area contributed by atoms with Crippen LogP contribution in [-0.4, -0.2) is 32.0 Å². The zero-order valence-electron chi connectivity index (χ0n) is 76.9. The third kappa shape index (κ3) is 15.9. The SMILES string of the molecule is Brc1ccc2c(c1)Cc1ccccc1-2.Brc1ccc2oc3ccccc3c2c1.CC1(C)OB(c2ccc3c4ccccc4n(-c4ccc(-c5ccccc5)cc4)c3c2)OC1(C)C.c1ccc(-c2ccc(-n3c4ccccc4c4ccc(-c5ccc6c(c5)Cc5ccccc5-6)cc43)cc2)cc1.c1ccc(-c2ccc(-n3c4ccccc4c4ccc(-c5ccc6c(c5)Cc5ccccc5-6)cc43)cc2)cc1. The van der Waals surface area contributed by atoms with Crippen LogP contribution < -0.4 is 5.46 Å². The molecule has 1 fully saturated rings. The van der Waals surface area contributed by atoms with Crippen LogP contribution in [0.3, 0.4) is 0 Å². The molecule has 6 nitrogen and oxygen atoms in total. The molecule has 1 aliphatic heterocycles. The number of fused-ring (bicyclic) bond motifs is 21.